The molecule has 190 valence electrons. The van der Waals surface area contributed by atoms with Gasteiger partial charge in [0.2, 0.25) is 0 Å². The van der Waals surface area contributed by atoms with E-state index < -0.39 is 16.6 Å². The van der Waals surface area contributed by atoms with Crippen molar-refractivity contribution in [3.8, 4) is 0 Å². The fourth-order valence-corrected chi connectivity index (χ4v) is 8.25. The lowest BCUT2D eigenvalue weighted by Crippen LogP contribution is -2.46. The summed E-state index contributed by atoms with van der Waals surface area (Å²) in [7, 11) is -3.62. The fraction of sp³-hybridized carbons (Fsp3) is 0.862. The van der Waals surface area contributed by atoms with Crippen molar-refractivity contribution in [3.05, 3.63) is 24.3 Å². The Hall–Kier alpha value is -0.166. The van der Waals surface area contributed by atoms with Crippen LogP contribution < -0.4 is 0 Å². The molecule has 0 heterocycles. The molecule has 3 aliphatic carbocycles. The van der Waals surface area contributed by atoms with Gasteiger partial charge in [0, 0.05) is 5.92 Å². The van der Waals surface area contributed by atoms with Crippen LogP contribution in [0.1, 0.15) is 86.5 Å². The SMILES string of the molecule is CC(C)(C)[Si](C)(C)O[C@H](/C=C/[C@H]1[C@H]2CC=C[C@@H]2C[C@H]1O[Si](C)(C)C(C)(C)C)C1CCCCC1. The van der Waals surface area contributed by atoms with Crippen LogP contribution in [0, 0.1) is 23.7 Å². The first-order valence-corrected chi connectivity index (χ1v) is 19.6. The summed E-state index contributed by atoms with van der Waals surface area (Å²) in [5, 5.41) is 0.500. The van der Waals surface area contributed by atoms with Crippen LogP contribution in [0.15, 0.2) is 24.3 Å². The van der Waals surface area contributed by atoms with E-state index in [-0.39, 0.29) is 16.2 Å². The molecule has 33 heavy (non-hydrogen) atoms. The molecule has 0 radical (unpaired) electrons. The van der Waals surface area contributed by atoms with Gasteiger partial charge in [-0.15, -0.1) is 0 Å². The lowest BCUT2D eigenvalue weighted by Gasteiger charge is -2.42. The van der Waals surface area contributed by atoms with E-state index in [2.05, 4.69) is 92.0 Å². The lowest BCUT2D eigenvalue weighted by atomic mass is 9.84. The molecule has 0 aromatic rings. The predicted molar refractivity (Wildman–Crippen MR) is 149 cm³/mol. The highest BCUT2D eigenvalue weighted by molar-refractivity contribution is 6.74. The van der Waals surface area contributed by atoms with Gasteiger partial charge in [0.25, 0.3) is 0 Å². The Morgan fingerprint density at radius 2 is 1.48 bits per heavy atom. The molecule has 0 saturated heterocycles. The van der Waals surface area contributed by atoms with Gasteiger partial charge in [-0.05, 0) is 79.7 Å². The first kappa shape index (κ1) is 27.4. The lowest BCUT2D eigenvalue weighted by molar-refractivity contribution is 0.127. The normalized spacial score (nSPS) is 30.8. The van der Waals surface area contributed by atoms with Gasteiger partial charge in [-0.25, -0.2) is 0 Å². The zero-order chi connectivity index (χ0) is 24.7. The van der Waals surface area contributed by atoms with Crippen LogP contribution in [0.25, 0.3) is 0 Å². The molecule has 0 spiro atoms. The Kier molecular flexibility index (Phi) is 8.36. The van der Waals surface area contributed by atoms with Gasteiger partial charge in [-0.2, -0.15) is 0 Å². The third-order valence-corrected chi connectivity index (χ3v) is 18.9. The average Bonchev–Trinajstić information content (AvgIpc) is 3.25. The van der Waals surface area contributed by atoms with Crippen LogP contribution in [0.2, 0.25) is 36.3 Å². The number of rotatable bonds is 7. The monoisotopic (exact) mass is 490 g/mol. The van der Waals surface area contributed by atoms with E-state index in [0.717, 1.165) is 5.92 Å². The van der Waals surface area contributed by atoms with E-state index in [9.17, 15) is 0 Å². The summed E-state index contributed by atoms with van der Waals surface area (Å²) in [5.41, 5.74) is 0. The summed E-state index contributed by atoms with van der Waals surface area (Å²) >= 11 is 0. The molecule has 0 bridgehead atoms. The molecule has 0 aliphatic heterocycles. The van der Waals surface area contributed by atoms with Crippen molar-refractivity contribution in [1.29, 1.82) is 0 Å². The highest BCUT2D eigenvalue weighted by Crippen LogP contribution is 2.49. The molecule has 0 aromatic heterocycles. The molecule has 2 saturated carbocycles. The van der Waals surface area contributed by atoms with E-state index in [0.29, 0.717) is 23.9 Å². The van der Waals surface area contributed by atoms with E-state index in [4.69, 9.17) is 8.85 Å². The Balaban J connectivity index is 1.83. The van der Waals surface area contributed by atoms with Gasteiger partial charge in [-0.1, -0.05) is 85.1 Å². The van der Waals surface area contributed by atoms with Crippen LogP contribution in [0.5, 0.6) is 0 Å². The van der Waals surface area contributed by atoms with Crippen LogP contribution in [0.3, 0.4) is 0 Å². The van der Waals surface area contributed by atoms with Crippen molar-refractivity contribution < 1.29 is 8.85 Å². The second kappa shape index (κ2) is 10.1. The summed E-state index contributed by atoms with van der Waals surface area (Å²) < 4.78 is 14.2. The Morgan fingerprint density at radius 1 is 0.879 bits per heavy atom. The van der Waals surface area contributed by atoms with Gasteiger partial charge in [0.1, 0.15) is 0 Å². The molecule has 0 amide bonds. The van der Waals surface area contributed by atoms with E-state index in [1.165, 1.54) is 44.9 Å². The van der Waals surface area contributed by atoms with Crippen molar-refractivity contribution >= 4 is 16.6 Å². The largest absolute Gasteiger partial charge is 0.413 e. The summed E-state index contributed by atoms with van der Waals surface area (Å²) in [6.07, 6.45) is 19.8. The second-order valence-electron chi connectivity index (χ2n) is 14.3. The van der Waals surface area contributed by atoms with Crippen LogP contribution in [-0.4, -0.2) is 28.8 Å². The van der Waals surface area contributed by atoms with Gasteiger partial charge >= 0.3 is 0 Å². The molecule has 0 N–H and O–H groups in total. The number of allylic oxidation sites excluding steroid dienone is 2. The summed E-state index contributed by atoms with van der Waals surface area (Å²) in [6.45, 7) is 23.9. The van der Waals surface area contributed by atoms with Crippen LogP contribution in [0.4, 0.5) is 0 Å². The topological polar surface area (TPSA) is 18.5 Å². The van der Waals surface area contributed by atoms with Crippen molar-refractivity contribution in [2.75, 3.05) is 0 Å². The maximum absolute atomic E-state index is 7.11. The number of fused-ring (bicyclic) bond motifs is 1. The average molecular weight is 491 g/mol. The molecule has 5 atom stereocenters. The maximum atomic E-state index is 7.11. The predicted octanol–water partition coefficient (Wildman–Crippen LogP) is 9.12. The Morgan fingerprint density at radius 3 is 2.06 bits per heavy atom. The molecule has 2 nitrogen and oxygen atoms in total. The molecule has 0 unspecified atom stereocenters. The van der Waals surface area contributed by atoms with E-state index in [1.54, 1.807) is 0 Å². The summed E-state index contributed by atoms with van der Waals surface area (Å²) in [5.74, 6) is 2.62. The molecule has 3 rings (SSSR count). The Labute approximate surface area is 208 Å². The third kappa shape index (κ3) is 6.34. The zero-order valence-corrected chi connectivity index (χ0v) is 25.5. The highest BCUT2D eigenvalue weighted by Gasteiger charge is 2.48. The standard InChI is InChI=1S/C29H54O2Si2/c1-28(2,3)32(7,8)30-26(22-15-12-11-13-16-22)20-19-25-24-18-14-17-23(24)21-27(25)31-33(9,10)29(4,5)6/h14,17,19-20,22-27H,11-13,15-16,18,21H2,1-10H3/b20-19+/t23-,24+,25+,26-,27-/m1/s1. The van der Waals surface area contributed by atoms with E-state index >= 15 is 0 Å². The first-order valence-electron chi connectivity index (χ1n) is 13.8. The molecule has 4 heteroatoms. The number of hydrogen-bond acceptors (Lipinski definition) is 2. The minimum Gasteiger partial charge on any atom is -0.413 e. The molecular weight excluding hydrogens is 436 g/mol. The molecular formula is C29H54O2Si2. The zero-order valence-electron chi connectivity index (χ0n) is 23.5. The van der Waals surface area contributed by atoms with Crippen molar-refractivity contribution in [3.63, 3.8) is 0 Å². The van der Waals surface area contributed by atoms with Crippen LogP contribution >= 0.6 is 0 Å². The first-order chi connectivity index (χ1) is 15.1. The minimum absolute atomic E-state index is 0.246. The van der Waals surface area contributed by atoms with Gasteiger partial charge in [0.15, 0.2) is 16.6 Å². The smallest absolute Gasteiger partial charge is 0.192 e. The molecule has 2 fully saturated rings. The van der Waals surface area contributed by atoms with Crippen molar-refractivity contribution in [2.45, 2.75) is 135 Å². The number of hydrogen-bond donors (Lipinski definition) is 0. The minimum atomic E-state index is -1.82. The van der Waals surface area contributed by atoms with Gasteiger partial charge in [0.05, 0.1) is 12.2 Å². The van der Waals surface area contributed by atoms with Gasteiger partial charge in [-0.3, -0.25) is 0 Å². The molecule has 3 aliphatic rings. The third-order valence-electron chi connectivity index (χ3n) is 9.90. The second-order valence-corrected chi connectivity index (χ2v) is 23.9. The summed E-state index contributed by atoms with van der Waals surface area (Å²) in [6, 6.07) is 0. The highest BCUT2D eigenvalue weighted by atomic mass is 28.4. The van der Waals surface area contributed by atoms with Crippen molar-refractivity contribution in [1.82, 2.24) is 0 Å². The van der Waals surface area contributed by atoms with E-state index in [1.807, 2.05) is 0 Å². The van der Waals surface area contributed by atoms with Crippen LogP contribution in [-0.2, 0) is 8.85 Å². The van der Waals surface area contributed by atoms with Gasteiger partial charge < -0.3 is 8.85 Å². The molecule has 0 aromatic carbocycles. The maximum Gasteiger partial charge on any atom is 0.192 e. The fourth-order valence-electron chi connectivity index (χ4n) is 5.58. The Bertz CT molecular complexity index is 704. The summed E-state index contributed by atoms with van der Waals surface area (Å²) in [4.78, 5) is 0. The van der Waals surface area contributed by atoms with Crippen molar-refractivity contribution in [2.24, 2.45) is 23.7 Å². The quantitative estimate of drug-likeness (QED) is 0.261.